The number of rotatable bonds is 6. The molecule has 3 rings (SSSR count). The second kappa shape index (κ2) is 9.05. The summed E-state index contributed by atoms with van der Waals surface area (Å²) >= 11 is 13.2. The van der Waals surface area contributed by atoms with Gasteiger partial charge in [0.2, 0.25) is 0 Å². The molecule has 0 amide bonds. The lowest BCUT2D eigenvalue weighted by atomic mass is 9.77. The minimum absolute atomic E-state index is 0.180. The van der Waals surface area contributed by atoms with Crippen LogP contribution in [0.15, 0.2) is 42.5 Å². The summed E-state index contributed by atoms with van der Waals surface area (Å²) in [6.07, 6.45) is 7.72. The van der Waals surface area contributed by atoms with Crippen LogP contribution < -0.4 is 0 Å². The molecule has 1 aliphatic carbocycles. The molecule has 0 atom stereocenters. The third-order valence-electron chi connectivity index (χ3n) is 5.44. The lowest BCUT2D eigenvalue weighted by Gasteiger charge is -2.29. The maximum absolute atomic E-state index is 12.2. The lowest BCUT2D eigenvalue weighted by Crippen LogP contribution is -2.13. The van der Waals surface area contributed by atoms with Crippen LogP contribution in [-0.2, 0) is 0 Å². The highest BCUT2D eigenvalue weighted by Crippen LogP contribution is 2.42. The average molecular weight is 379 g/mol. The number of hydrogen-bond donors (Lipinski definition) is 0. The Morgan fingerprint density at radius 2 is 1.52 bits per heavy atom. The molecule has 0 nitrogen and oxygen atoms in total. The number of alkyl halides is 1. The minimum atomic E-state index is -0.180. The average Bonchev–Trinajstić information content (AvgIpc) is 2.63. The van der Waals surface area contributed by atoms with Crippen molar-refractivity contribution >= 4 is 23.2 Å². The predicted molar refractivity (Wildman–Crippen MR) is 106 cm³/mol. The first-order valence-corrected chi connectivity index (χ1v) is 10.0. The van der Waals surface area contributed by atoms with Gasteiger partial charge in [0.15, 0.2) is 0 Å². The van der Waals surface area contributed by atoms with E-state index in [9.17, 15) is 4.39 Å². The molecule has 1 saturated carbocycles. The van der Waals surface area contributed by atoms with Crippen molar-refractivity contribution in [2.45, 2.75) is 50.9 Å². The normalized spacial score (nSPS) is 20.6. The fourth-order valence-corrected chi connectivity index (χ4v) is 4.74. The van der Waals surface area contributed by atoms with Crippen LogP contribution in [0, 0.1) is 5.92 Å². The second-order valence-electron chi connectivity index (χ2n) is 7.13. The molecule has 0 aliphatic heterocycles. The summed E-state index contributed by atoms with van der Waals surface area (Å²) in [5.74, 6) is 1.30. The summed E-state index contributed by atoms with van der Waals surface area (Å²) in [7, 11) is 0. The first kappa shape index (κ1) is 18.7. The Bertz CT molecular complexity index is 653. The third-order valence-corrected chi connectivity index (χ3v) is 6.04. The fourth-order valence-electron chi connectivity index (χ4n) is 4.02. The van der Waals surface area contributed by atoms with Gasteiger partial charge in [-0.1, -0.05) is 66.4 Å². The Morgan fingerprint density at radius 3 is 2.12 bits per heavy atom. The quantitative estimate of drug-likeness (QED) is 0.445. The molecule has 0 N–H and O–H groups in total. The smallest absolute Gasteiger partial charge is 0.0894 e. The van der Waals surface area contributed by atoms with Gasteiger partial charge in [-0.25, -0.2) is 0 Å². The van der Waals surface area contributed by atoms with E-state index in [0.717, 1.165) is 33.5 Å². The van der Waals surface area contributed by atoms with Crippen molar-refractivity contribution in [1.82, 2.24) is 0 Å². The monoisotopic (exact) mass is 378 g/mol. The third kappa shape index (κ3) is 4.77. The van der Waals surface area contributed by atoms with Gasteiger partial charge in [0.25, 0.3) is 0 Å². The maximum Gasteiger partial charge on any atom is 0.0894 e. The topological polar surface area (TPSA) is 0 Å². The number of unbranched alkanes of at least 4 members (excludes halogenated alkanes) is 1. The van der Waals surface area contributed by atoms with Crippen molar-refractivity contribution in [1.29, 1.82) is 0 Å². The van der Waals surface area contributed by atoms with Crippen molar-refractivity contribution < 1.29 is 4.39 Å². The first-order chi connectivity index (χ1) is 12.2. The van der Waals surface area contributed by atoms with E-state index in [0.29, 0.717) is 12.3 Å². The molecule has 1 aliphatic rings. The van der Waals surface area contributed by atoms with Gasteiger partial charge in [-0.3, -0.25) is 4.39 Å². The number of benzene rings is 2. The van der Waals surface area contributed by atoms with Crippen LogP contribution in [0.4, 0.5) is 4.39 Å². The second-order valence-corrected chi connectivity index (χ2v) is 7.94. The highest BCUT2D eigenvalue weighted by Gasteiger charge is 2.23. The lowest BCUT2D eigenvalue weighted by molar-refractivity contribution is 0.298. The van der Waals surface area contributed by atoms with E-state index in [1.54, 1.807) is 0 Å². The number of halogens is 3. The molecule has 0 spiro atoms. The molecule has 2 aromatic rings. The maximum atomic E-state index is 12.2. The molecule has 25 heavy (non-hydrogen) atoms. The molecular weight excluding hydrogens is 354 g/mol. The molecule has 134 valence electrons. The largest absolute Gasteiger partial charge is 0.251 e. The summed E-state index contributed by atoms with van der Waals surface area (Å²) in [6.45, 7) is -0.180. The van der Waals surface area contributed by atoms with Gasteiger partial charge in [-0.2, -0.15) is 0 Å². The highest BCUT2D eigenvalue weighted by molar-refractivity contribution is 6.39. The van der Waals surface area contributed by atoms with E-state index >= 15 is 0 Å². The van der Waals surface area contributed by atoms with E-state index in [1.807, 2.05) is 30.3 Å². The van der Waals surface area contributed by atoms with Crippen LogP contribution in [0.3, 0.4) is 0 Å². The summed E-state index contributed by atoms with van der Waals surface area (Å²) in [5.41, 5.74) is 3.24. The molecular formula is C22H25Cl2F. The number of hydrogen-bond acceptors (Lipinski definition) is 0. The van der Waals surface area contributed by atoms with Crippen molar-refractivity contribution in [3.8, 4) is 11.1 Å². The fraction of sp³-hybridized carbons (Fsp3) is 0.455. The van der Waals surface area contributed by atoms with Crippen LogP contribution >= 0.6 is 23.2 Å². The summed E-state index contributed by atoms with van der Waals surface area (Å²) < 4.78 is 12.2. The van der Waals surface area contributed by atoms with Crippen LogP contribution in [0.5, 0.6) is 0 Å². The molecule has 0 radical (unpaired) electrons. The van der Waals surface area contributed by atoms with Gasteiger partial charge >= 0.3 is 0 Å². The van der Waals surface area contributed by atoms with Crippen molar-refractivity contribution in [3.05, 3.63) is 58.1 Å². The standard InChI is InChI=1S/C22H25Cl2F/c23-20-14-19(15-21(24)22(20)18-7-2-1-3-8-18)17-11-9-16(10-12-17)6-4-5-13-25/h1-3,7-8,14-17H,4-6,9-13H2. The van der Waals surface area contributed by atoms with Gasteiger partial charge in [0.1, 0.15) is 0 Å². The van der Waals surface area contributed by atoms with Crippen molar-refractivity contribution in [2.75, 3.05) is 6.67 Å². The Hall–Kier alpha value is -1.05. The zero-order valence-electron chi connectivity index (χ0n) is 14.5. The molecule has 3 heteroatoms. The minimum Gasteiger partial charge on any atom is -0.251 e. The van der Waals surface area contributed by atoms with Crippen molar-refractivity contribution in [2.24, 2.45) is 5.92 Å². The molecule has 0 saturated heterocycles. The van der Waals surface area contributed by atoms with E-state index < -0.39 is 0 Å². The van der Waals surface area contributed by atoms with E-state index in [1.165, 1.54) is 37.7 Å². The van der Waals surface area contributed by atoms with Crippen LogP contribution in [0.2, 0.25) is 10.0 Å². The van der Waals surface area contributed by atoms with Crippen molar-refractivity contribution in [3.63, 3.8) is 0 Å². The van der Waals surface area contributed by atoms with Gasteiger partial charge < -0.3 is 0 Å². The zero-order valence-corrected chi connectivity index (χ0v) is 16.0. The van der Waals surface area contributed by atoms with Crippen LogP contribution in [0.1, 0.15) is 56.4 Å². The Morgan fingerprint density at radius 1 is 0.880 bits per heavy atom. The molecule has 0 aromatic heterocycles. The predicted octanol–water partition coefficient (Wildman–Crippen LogP) is 8.07. The van der Waals surface area contributed by atoms with Gasteiger partial charge in [0.05, 0.1) is 16.7 Å². The van der Waals surface area contributed by atoms with Crippen LogP contribution in [-0.4, -0.2) is 6.67 Å². The Labute approximate surface area is 160 Å². The van der Waals surface area contributed by atoms with Gasteiger partial charge in [0, 0.05) is 5.56 Å². The van der Waals surface area contributed by atoms with Gasteiger partial charge in [-0.05, 0) is 67.2 Å². The molecule has 2 aromatic carbocycles. The van der Waals surface area contributed by atoms with Crippen LogP contribution in [0.25, 0.3) is 11.1 Å². The van der Waals surface area contributed by atoms with E-state index in [-0.39, 0.29) is 6.67 Å². The zero-order chi connectivity index (χ0) is 17.6. The first-order valence-electron chi connectivity index (χ1n) is 9.29. The molecule has 0 unspecified atom stereocenters. The molecule has 1 fully saturated rings. The Kier molecular flexibility index (Phi) is 6.78. The summed E-state index contributed by atoms with van der Waals surface area (Å²) in [5, 5.41) is 1.47. The molecule has 0 bridgehead atoms. The SMILES string of the molecule is FCCCCC1CCC(c2cc(Cl)c(-c3ccccc3)c(Cl)c2)CC1. The van der Waals surface area contributed by atoms with E-state index in [2.05, 4.69) is 12.1 Å². The highest BCUT2D eigenvalue weighted by atomic mass is 35.5. The Balaban J connectivity index is 1.68. The van der Waals surface area contributed by atoms with E-state index in [4.69, 9.17) is 23.2 Å². The summed E-state index contributed by atoms with van der Waals surface area (Å²) in [4.78, 5) is 0. The molecule has 0 heterocycles. The summed E-state index contributed by atoms with van der Waals surface area (Å²) in [6, 6.07) is 14.3. The van der Waals surface area contributed by atoms with Gasteiger partial charge in [-0.15, -0.1) is 0 Å².